The second-order valence-electron chi connectivity index (χ2n) is 4.76. The summed E-state index contributed by atoms with van der Waals surface area (Å²) >= 11 is 3.23. The first-order valence-electron chi connectivity index (χ1n) is 6.22. The molecule has 0 aromatic heterocycles. The molecule has 0 heterocycles. The molecule has 0 bridgehead atoms. The number of nitrogens with one attached hydrogen (secondary N) is 1. The minimum Gasteiger partial charge on any atom is -0.313 e. The van der Waals surface area contributed by atoms with E-state index in [2.05, 4.69) is 42.0 Å². The predicted molar refractivity (Wildman–Crippen MR) is 74.7 cm³/mol. The normalized spacial score (nSPS) is 13.1. The van der Waals surface area contributed by atoms with Crippen LogP contribution in [0.15, 0.2) is 22.7 Å². The fourth-order valence-electron chi connectivity index (χ4n) is 1.79. The van der Waals surface area contributed by atoms with Crippen LogP contribution in [0.25, 0.3) is 0 Å². The van der Waals surface area contributed by atoms with E-state index in [0.29, 0.717) is 16.4 Å². The average Bonchev–Trinajstić information content (AvgIpc) is 2.28. The van der Waals surface area contributed by atoms with Crippen molar-refractivity contribution in [2.24, 2.45) is 5.92 Å². The molecule has 0 radical (unpaired) electrons. The van der Waals surface area contributed by atoms with Gasteiger partial charge in [0.1, 0.15) is 5.82 Å². The van der Waals surface area contributed by atoms with E-state index in [1.807, 2.05) is 12.1 Å². The zero-order chi connectivity index (χ0) is 12.8. The van der Waals surface area contributed by atoms with Crippen LogP contribution in [0.3, 0.4) is 0 Å². The van der Waals surface area contributed by atoms with Gasteiger partial charge in [0, 0.05) is 6.04 Å². The number of benzene rings is 1. The fraction of sp³-hybridized carbons (Fsp3) is 0.571. The maximum absolute atomic E-state index is 13.1. The van der Waals surface area contributed by atoms with Gasteiger partial charge >= 0.3 is 0 Å². The molecule has 96 valence electrons. The van der Waals surface area contributed by atoms with Crippen molar-refractivity contribution in [2.45, 2.75) is 39.7 Å². The third-order valence-electron chi connectivity index (χ3n) is 2.90. The summed E-state index contributed by atoms with van der Waals surface area (Å²) in [7, 11) is 0. The molecule has 1 atom stereocenters. The van der Waals surface area contributed by atoms with Gasteiger partial charge in [-0.05, 0) is 58.9 Å². The molecule has 0 saturated carbocycles. The molecular formula is C14H21BrFN. The molecule has 1 N–H and O–H groups in total. The molecule has 0 aliphatic carbocycles. The first-order chi connectivity index (χ1) is 8.04. The predicted octanol–water partition coefficient (Wildman–Crippen LogP) is 4.15. The largest absolute Gasteiger partial charge is 0.313 e. The molecular weight excluding hydrogens is 281 g/mol. The molecule has 0 fully saturated rings. The van der Waals surface area contributed by atoms with E-state index in [9.17, 15) is 4.39 Å². The van der Waals surface area contributed by atoms with Gasteiger partial charge < -0.3 is 5.32 Å². The zero-order valence-corrected chi connectivity index (χ0v) is 12.3. The maximum Gasteiger partial charge on any atom is 0.137 e. The van der Waals surface area contributed by atoms with Crippen LogP contribution >= 0.6 is 15.9 Å². The minimum atomic E-state index is -0.198. The third-order valence-corrected chi connectivity index (χ3v) is 3.51. The second-order valence-corrected chi connectivity index (χ2v) is 5.61. The Hall–Kier alpha value is -0.410. The third kappa shape index (κ3) is 4.76. The van der Waals surface area contributed by atoms with Crippen molar-refractivity contribution in [2.75, 3.05) is 6.54 Å². The van der Waals surface area contributed by atoms with Crippen LogP contribution in [0, 0.1) is 11.7 Å². The smallest absolute Gasteiger partial charge is 0.137 e. The molecule has 1 aromatic rings. The number of hydrogen-bond acceptors (Lipinski definition) is 1. The summed E-state index contributed by atoms with van der Waals surface area (Å²) < 4.78 is 13.7. The Labute approximate surface area is 112 Å². The highest BCUT2D eigenvalue weighted by molar-refractivity contribution is 9.10. The summed E-state index contributed by atoms with van der Waals surface area (Å²) in [6.45, 7) is 7.63. The molecule has 0 spiro atoms. The van der Waals surface area contributed by atoms with Gasteiger partial charge in [-0.25, -0.2) is 4.39 Å². The van der Waals surface area contributed by atoms with Crippen LogP contribution in [0.1, 0.15) is 32.8 Å². The summed E-state index contributed by atoms with van der Waals surface area (Å²) in [5.41, 5.74) is 1.17. The molecule has 1 aromatic carbocycles. The monoisotopic (exact) mass is 301 g/mol. The van der Waals surface area contributed by atoms with Crippen molar-refractivity contribution < 1.29 is 4.39 Å². The zero-order valence-electron chi connectivity index (χ0n) is 10.8. The molecule has 0 saturated heterocycles. The van der Waals surface area contributed by atoms with Gasteiger partial charge in [0.25, 0.3) is 0 Å². The molecule has 17 heavy (non-hydrogen) atoms. The Morgan fingerprint density at radius 2 is 2.06 bits per heavy atom. The van der Waals surface area contributed by atoms with E-state index in [-0.39, 0.29) is 5.82 Å². The standard InChI is InChI=1S/C14H21BrFN/c1-4-7-17-14(10(2)3)9-11-5-6-13(16)12(15)8-11/h5-6,8,10,14,17H,4,7,9H2,1-3H3. The van der Waals surface area contributed by atoms with Crippen molar-refractivity contribution in [3.8, 4) is 0 Å². The lowest BCUT2D eigenvalue weighted by atomic mass is 9.96. The Morgan fingerprint density at radius 1 is 1.35 bits per heavy atom. The quantitative estimate of drug-likeness (QED) is 0.832. The van der Waals surface area contributed by atoms with Gasteiger partial charge in [-0.1, -0.05) is 26.8 Å². The first-order valence-corrected chi connectivity index (χ1v) is 7.01. The minimum absolute atomic E-state index is 0.198. The van der Waals surface area contributed by atoms with E-state index in [4.69, 9.17) is 0 Å². The van der Waals surface area contributed by atoms with Gasteiger partial charge in [-0.3, -0.25) is 0 Å². The van der Waals surface area contributed by atoms with Gasteiger partial charge in [0.05, 0.1) is 4.47 Å². The summed E-state index contributed by atoms with van der Waals surface area (Å²) in [5.74, 6) is 0.377. The highest BCUT2D eigenvalue weighted by Gasteiger charge is 2.13. The fourth-order valence-corrected chi connectivity index (χ4v) is 2.22. The summed E-state index contributed by atoms with van der Waals surface area (Å²) in [6.07, 6.45) is 2.08. The van der Waals surface area contributed by atoms with Gasteiger partial charge in [0.15, 0.2) is 0 Å². The lowest BCUT2D eigenvalue weighted by molar-refractivity contribution is 0.397. The molecule has 1 rings (SSSR count). The Kier molecular flexibility index (Phi) is 6.14. The van der Waals surface area contributed by atoms with Crippen LogP contribution in [0.2, 0.25) is 0 Å². The van der Waals surface area contributed by atoms with Crippen LogP contribution in [-0.4, -0.2) is 12.6 Å². The van der Waals surface area contributed by atoms with Crippen molar-refractivity contribution >= 4 is 15.9 Å². The summed E-state index contributed by atoms with van der Waals surface area (Å²) in [5, 5.41) is 3.54. The van der Waals surface area contributed by atoms with E-state index in [1.165, 1.54) is 11.6 Å². The first kappa shape index (κ1) is 14.7. The van der Waals surface area contributed by atoms with Crippen molar-refractivity contribution in [3.63, 3.8) is 0 Å². The number of halogens is 2. The van der Waals surface area contributed by atoms with Crippen LogP contribution in [0.4, 0.5) is 4.39 Å². The van der Waals surface area contributed by atoms with Gasteiger partial charge in [-0.2, -0.15) is 0 Å². The van der Waals surface area contributed by atoms with Crippen LogP contribution < -0.4 is 5.32 Å². The Balaban J connectivity index is 2.68. The second kappa shape index (κ2) is 7.12. The molecule has 1 unspecified atom stereocenters. The summed E-state index contributed by atoms with van der Waals surface area (Å²) in [4.78, 5) is 0. The van der Waals surface area contributed by atoms with Crippen LogP contribution in [-0.2, 0) is 6.42 Å². The lowest BCUT2D eigenvalue weighted by Gasteiger charge is -2.22. The molecule has 0 aliphatic heterocycles. The molecule has 3 heteroatoms. The average molecular weight is 302 g/mol. The number of hydrogen-bond donors (Lipinski definition) is 1. The van der Waals surface area contributed by atoms with E-state index in [0.717, 1.165) is 19.4 Å². The molecule has 0 aliphatic rings. The van der Waals surface area contributed by atoms with Crippen molar-refractivity contribution in [3.05, 3.63) is 34.1 Å². The highest BCUT2D eigenvalue weighted by Crippen LogP contribution is 2.19. The highest BCUT2D eigenvalue weighted by atomic mass is 79.9. The Bertz CT molecular complexity index is 352. The van der Waals surface area contributed by atoms with Crippen molar-refractivity contribution in [1.29, 1.82) is 0 Å². The molecule has 1 nitrogen and oxygen atoms in total. The molecule has 0 amide bonds. The van der Waals surface area contributed by atoms with E-state index >= 15 is 0 Å². The van der Waals surface area contributed by atoms with E-state index in [1.54, 1.807) is 0 Å². The number of rotatable bonds is 6. The van der Waals surface area contributed by atoms with Gasteiger partial charge in [-0.15, -0.1) is 0 Å². The SMILES string of the molecule is CCCNC(Cc1ccc(F)c(Br)c1)C(C)C. The van der Waals surface area contributed by atoms with Gasteiger partial charge in [0.2, 0.25) is 0 Å². The maximum atomic E-state index is 13.1. The van der Waals surface area contributed by atoms with Crippen LogP contribution in [0.5, 0.6) is 0 Å². The van der Waals surface area contributed by atoms with Crippen molar-refractivity contribution in [1.82, 2.24) is 5.32 Å². The van der Waals surface area contributed by atoms with E-state index < -0.39 is 0 Å². The topological polar surface area (TPSA) is 12.0 Å². The Morgan fingerprint density at radius 3 is 2.59 bits per heavy atom. The lowest BCUT2D eigenvalue weighted by Crippen LogP contribution is -2.36. The summed E-state index contributed by atoms with van der Waals surface area (Å²) in [6, 6.07) is 5.71.